The second-order valence-electron chi connectivity index (χ2n) is 6.91. The molecule has 26 heavy (non-hydrogen) atoms. The molecule has 0 amide bonds. The van der Waals surface area contributed by atoms with Crippen LogP contribution in [0.2, 0.25) is 0 Å². The lowest BCUT2D eigenvalue weighted by Crippen LogP contribution is -2.55. The van der Waals surface area contributed by atoms with Crippen molar-refractivity contribution in [3.63, 3.8) is 0 Å². The van der Waals surface area contributed by atoms with Crippen LogP contribution >= 0.6 is 11.3 Å². The third-order valence-corrected chi connectivity index (χ3v) is 8.37. The number of rotatable bonds is 6. The summed E-state index contributed by atoms with van der Waals surface area (Å²) in [7, 11) is -3.44. The molecule has 4 rings (SSSR count). The van der Waals surface area contributed by atoms with Crippen LogP contribution in [-0.4, -0.2) is 36.5 Å². The third kappa shape index (κ3) is 3.21. The molecule has 1 aliphatic heterocycles. The summed E-state index contributed by atoms with van der Waals surface area (Å²) in [4.78, 5) is 13.3. The quantitative estimate of drug-likeness (QED) is 0.755. The van der Waals surface area contributed by atoms with Gasteiger partial charge in [-0.05, 0) is 44.4 Å². The highest BCUT2D eigenvalue weighted by atomic mass is 32.2. The van der Waals surface area contributed by atoms with Gasteiger partial charge in [-0.1, -0.05) is 6.92 Å². The van der Waals surface area contributed by atoms with Gasteiger partial charge < -0.3 is 9.30 Å². The first-order valence-electron chi connectivity index (χ1n) is 8.87. The maximum absolute atomic E-state index is 12.6. The molecule has 3 heterocycles. The van der Waals surface area contributed by atoms with Gasteiger partial charge in [0.2, 0.25) is 0 Å². The minimum absolute atomic E-state index is 0.0445. The molecule has 0 bridgehead atoms. The highest BCUT2D eigenvalue weighted by Crippen LogP contribution is 2.35. The van der Waals surface area contributed by atoms with E-state index < -0.39 is 10.0 Å². The number of aromatic nitrogens is 1. The van der Waals surface area contributed by atoms with E-state index >= 15 is 0 Å². The Bertz CT molecular complexity index is 983. The van der Waals surface area contributed by atoms with E-state index in [1.165, 1.54) is 21.7 Å². The van der Waals surface area contributed by atoms with E-state index in [2.05, 4.69) is 0 Å². The summed E-state index contributed by atoms with van der Waals surface area (Å²) in [6.45, 7) is 4.54. The van der Waals surface area contributed by atoms with Crippen molar-refractivity contribution in [3.8, 4) is 5.75 Å². The number of pyridine rings is 1. The molecule has 8 heteroatoms. The fourth-order valence-corrected chi connectivity index (χ4v) is 6.18. The lowest BCUT2D eigenvalue weighted by Gasteiger charge is -2.37. The van der Waals surface area contributed by atoms with Crippen molar-refractivity contribution in [1.29, 1.82) is 0 Å². The van der Waals surface area contributed by atoms with Crippen LogP contribution in [0.1, 0.15) is 36.4 Å². The van der Waals surface area contributed by atoms with Gasteiger partial charge in [-0.2, -0.15) is 4.31 Å². The molecule has 2 aromatic rings. The largest absolute Gasteiger partial charge is 0.487 e. The molecular formula is C18H22N2O4S2. The second-order valence-corrected chi connectivity index (χ2v) is 10.2. The van der Waals surface area contributed by atoms with Crippen LogP contribution in [0.25, 0.3) is 0 Å². The summed E-state index contributed by atoms with van der Waals surface area (Å²) in [5.74, 6) is 0.524. The molecular weight excluding hydrogens is 372 g/mol. The third-order valence-electron chi connectivity index (χ3n) is 4.84. The van der Waals surface area contributed by atoms with Crippen molar-refractivity contribution in [3.05, 3.63) is 45.2 Å². The molecule has 0 N–H and O–H groups in total. The van der Waals surface area contributed by atoms with Crippen LogP contribution in [0.4, 0.5) is 0 Å². The molecule has 0 atom stereocenters. The molecule has 0 unspecified atom stereocenters. The maximum atomic E-state index is 12.6. The van der Waals surface area contributed by atoms with Gasteiger partial charge in [0.1, 0.15) is 16.1 Å². The average Bonchev–Trinajstić information content (AvgIpc) is 3.23. The number of hydrogen-bond donors (Lipinski definition) is 0. The lowest BCUT2D eigenvalue weighted by atomic mass is 10.2. The van der Waals surface area contributed by atoms with Crippen molar-refractivity contribution >= 4 is 21.4 Å². The number of aryl methyl sites for hydroxylation is 2. The van der Waals surface area contributed by atoms with E-state index in [4.69, 9.17) is 4.74 Å². The Hall–Kier alpha value is -1.64. The molecule has 0 aromatic carbocycles. The van der Waals surface area contributed by atoms with Crippen LogP contribution < -0.4 is 10.3 Å². The Morgan fingerprint density at radius 2 is 1.96 bits per heavy atom. The molecule has 2 aromatic heterocycles. The van der Waals surface area contributed by atoms with E-state index in [-0.39, 0.29) is 11.7 Å². The Labute approximate surface area is 157 Å². The first kappa shape index (κ1) is 17.8. The molecule has 0 radical (unpaired) electrons. The van der Waals surface area contributed by atoms with Crippen LogP contribution in [0.3, 0.4) is 0 Å². The highest BCUT2D eigenvalue weighted by Gasteiger charge is 2.39. The van der Waals surface area contributed by atoms with E-state index in [0.29, 0.717) is 29.1 Å². The van der Waals surface area contributed by atoms with E-state index in [1.54, 1.807) is 6.07 Å². The first-order valence-corrected chi connectivity index (χ1v) is 11.1. The van der Waals surface area contributed by atoms with E-state index in [9.17, 15) is 13.2 Å². The molecule has 140 valence electrons. The zero-order chi connectivity index (χ0) is 18.5. The molecule has 2 fully saturated rings. The molecule has 0 spiro atoms. The van der Waals surface area contributed by atoms with Crippen LogP contribution in [-0.2, 0) is 16.4 Å². The molecule has 1 saturated heterocycles. The van der Waals surface area contributed by atoms with E-state index in [1.807, 2.05) is 30.5 Å². The summed E-state index contributed by atoms with van der Waals surface area (Å²) in [6.07, 6.45) is 2.72. The predicted octanol–water partition coefficient (Wildman–Crippen LogP) is 2.57. The fraction of sp³-hybridized carbons (Fsp3) is 0.500. The summed E-state index contributed by atoms with van der Waals surface area (Å²) in [5.41, 5.74) is 0.849. The van der Waals surface area contributed by atoms with Crippen molar-refractivity contribution in [2.24, 2.45) is 0 Å². The van der Waals surface area contributed by atoms with Gasteiger partial charge in [0, 0.05) is 22.7 Å². The Morgan fingerprint density at radius 3 is 2.54 bits per heavy atom. The van der Waals surface area contributed by atoms with Crippen molar-refractivity contribution in [2.75, 3.05) is 13.1 Å². The summed E-state index contributed by atoms with van der Waals surface area (Å²) in [6, 6.07) is 7.25. The van der Waals surface area contributed by atoms with Gasteiger partial charge in [-0.25, -0.2) is 8.42 Å². The summed E-state index contributed by atoms with van der Waals surface area (Å²) in [5, 5.41) is 0. The van der Waals surface area contributed by atoms with Gasteiger partial charge in [-0.15, -0.1) is 11.3 Å². The SMILES string of the molecule is CCc1ccc(S(=O)(=O)N2CC(Oc3cc(C)n(C4CC4)c(=O)c3)C2)s1. The standard InChI is InChI=1S/C18H22N2O4S2/c1-3-16-6-7-18(25-16)26(22,23)19-10-15(11-19)24-14-8-12(2)20(13-4-5-13)17(21)9-14/h6-9,13,15H,3-5,10-11H2,1-2H3. The van der Waals surface area contributed by atoms with Crippen molar-refractivity contribution in [2.45, 2.75) is 49.5 Å². The van der Waals surface area contributed by atoms with Gasteiger partial charge >= 0.3 is 0 Å². The molecule has 1 saturated carbocycles. The zero-order valence-corrected chi connectivity index (χ0v) is 16.5. The Morgan fingerprint density at radius 1 is 1.23 bits per heavy atom. The Kier molecular flexibility index (Phi) is 4.45. The number of hydrogen-bond acceptors (Lipinski definition) is 5. The molecule has 1 aliphatic carbocycles. The minimum Gasteiger partial charge on any atom is -0.487 e. The average molecular weight is 395 g/mol. The molecule has 6 nitrogen and oxygen atoms in total. The van der Waals surface area contributed by atoms with Crippen LogP contribution in [0.5, 0.6) is 5.75 Å². The second kappa shape index (κ2) is 6.51. The normalized spacial score (nSPS) is 18.7. The van der Waals surface area contributed by atoms with Crippen molar-refractivity contribution in [1.82, 2.24) is 8.87 Å². The highest BCUT2D eigenvalue weighted by molar-refractivity contribution is 7.91. The minimum atomic E-state index is -3.44. The van der Waals surface area contributed by atoms with Crippen LogP contribution in [0.15, 0.2) is 33.3 Å². The van der Waals surface area contributed by atoms with Crippen LogP contribution in [0, 0.1) is 6.92 Å². The lowest BCUT2D eigenvalue weighted by molar-refractivity contribution is 0.0760. The van der Waals surface area contributed by atoms with Gasteiger partial charge in [0.05, 0.1) is 13.1 Å². The Balaban J connectivity index is 1.41. The first-order chi connectivity index (χ1) is 12.4. The number of nitrogens with zero attached hydrogens (tertiary/aromatic N) is 2. The van der Waals surface area contributed by atoms with E-state index in [0.717, 1.165) is 29.8 Å². The fourth-order valence-electron chi connectivity index (χ4n) is 3.23. The number of ether oxygens (including phenoxy) is 1. The van der Waals surface area contributed by atoms with Crippen molar-refractivity contribution < 1.29 is 13.2 Å². The molecule has 2 aliphatic rings. The van der Waals surface area contributed by atoms with Gasteiger partial charge in [-0.3, -0.25) is 4.79 Å². The number of thiophene rings is 1. The topological polar surface area (TPSA) is 68.6 Å². The summed E-state index contributed by atoms with van der Waals surface area (Å²) >= 11 is 1.32. The predicted molar refractivity (Wildman–Crippen MR) is 101 cm³/mol. The summed E-state index contributed by atoms with van der Waals surface area (Å²) < 4.78 is 34.7. The van der Waals surface area contributed by atoms with Gasteiger partial charge in [0.25, 0.3) is 15.6 Å². The van der Waals surface area contributed by atoms with Gasteiger partial charge in [0.15, 0.2) is 0 Å². The smallest absolute Gasteiger partial charge is 0.254 e. The monoisotopic (exact) mass is 394 g/mol. The zero-order valence-electron chi connectivity index (χ0n) is 14.8. The number of sulfonamides is 1. The maximum Gasteiger partial charge on any atom is 0.254 e.